The van der Waals surface area contributed by atoms with Crippen molar-refractivity contribution in [3.05, 3.63) is 59.9 Å². The topological polar surface area (TPSA) is 15.7 Å². The van der Waals surface area contributed by atoms with Crippen molar-refractivity contribution in [2.75, 3.05) is 38.7 Å². The minimum absolute atomic E-state index is 0.181. The van der Waals surface area contributed by atoms with E-state index >= 15 is 0 Å². The van der Waals surface area contributed by atoms with E-state index in [0.717, 1.165) is 23.4 Å². The molecule has 1 aliphatic heterocycles. The van der Waals surface area contributed by atoms with Gasteiger partial charge in [0.1, 0.15) is 0 Å². The molecule has 2 rings (SSSR count). The fourth-order valence-corrected chi connectivity index (χ4v) is 3.47. The van der Waals surface area contributed by atoms with E-state index in [9.17, 15) is 0 Å². The lowest BCUT2D eigenvalue weighted by Crippen LogP contribution is -2.29. The number of halogens is 1. The van der Waals surface area contributed by atoms with Crippen LogP contribution in [0.4, 0.5) is 5.69 Å². The number of methoxy groups -OCH3 is 1. The van der Waals surface area contributed by atoms with Crippen molar-refractivity contribution in [3.8, 4) is 0 Å². The van der Waals surface area contributed by atoms with E-state index in [4.69, 9.17) is 16.3 Å². The molecule has 0 aliphatic carbocycles. The van der Waals surface area contributed by atoms with Gasteiger partial charge in [0.05, 0.1) is 18.9 Å². The Morgan fingerprint density at radius 1 is 1.27 bits per heavy atom. The van der Waals surface area contributed by atoms with E-state index < -0.39 is 0 Å². The summed E-state index contributed by atoms with van der Waals surface area (Å²) in [5.41, 5.74) is 2.09. The molecule has 1 saturated heterocycles. The summed E-state index contributed by atoms with van der Waals surface area (Å²) in [6.07, 6.45) is 10.8. The number of benzene rings is 1. The van der Waals surface area contributed by atoms with Gasteiger partial charge in [-0.3, -0.25) is 0 Å². The van der Waals surface area contributed by atoms with Gasteiger partial charge in [-0.05, 0) is 82.1 Å². The van der Waals surface area contributed by atoms with E-state index in [1.165, 1.54) is 38.9 Å². The highest BCUT2D eigenvalue weighted by atomic mass is 35.5. The van der Waals surface area contributed by atoms with Crippen LogP contribution >= 0.6 is 11.6 Å². The largest absolute Gasteiger partial charge is 0.502 e. The van der Waals surface area contributed by atoms with Crippen LogP contribution < -0.4 is 4.90 Å². The van der Waals surface area contributed by atoms with Gasteiger partial charge in [-0.1, -0.05) is 51.1 Å². The minimum Gasteiger partial charge on any atom is -0.502 e. The molecule has 0 saturated carbocycles. The van der Waals surface area contributed by atoms with Crippen LogP contribution in [-0.2, 0) is 4.74 Å². The molecule has 1 fully saturated rings. The zero-order valence-corrected chi connectivity index (χ0v) is 20.8. The third kappa shape index (κ3) is 10.4. The molecule has 0 N–H and O–H groups in total. The predicted molar refractivity (Wildman–Crippen MR) is 137 cm³/mol. The summed E-state index contributed by atoms with van der Waals surface area (Å²) in [5.74, 6) is 0.908. The zero-order valence-electron chi connectivity index (χ0n) is 20.1. The molecule has 0 spiro atoms. The standard InChI is InChI=1S/C17H22ClNO.C7H15N.C2H6/c1-6-14-12-15(18)9-11-17(14)19(4)16(7-2)10-8-13(3)20-5;1-2-5-8-6-3-4-7-8;1-2/h6-9,11-12,16H,1-2,10H2,3-5H3;2-7H2,1H3;1-2H3/b13-8+;;. The average Bonchev–Trinajstić information content (AvgIpc) is 3.29. The van der Waals surface area contributed by atoms with Crippen LogP contribution in [0.15, 0.2) is 49.3 Å². The Kier molecular flexibility index (Phi) is 16.0. The van der Waals surface area contributed by atoms with Crippen molar-refractivity contribution in [1.82, 2.24) is 4.90 Å². The molecular weight excluding hydrogens is 392 g/mol. The van der Waals surface area contributed by atoms with Crippen LogP contribution in [0.2, 0.25) is 5.02 Å². The number of ether oxygens (including phenoxy) is 1. The first-order valence-electron chi connectivity index (χ1n) is 11.2. The summed E-state index contributed by atoms with van der Waals surface area (Å²) in [7, 11) is 3.71. The van der Waals surface area contributed by atoms with Crippen molar-refractivity contribution in [1.29, 1.82) is 0 Å². The van der Waals surface area contributed by atoms with Crippen LogP contribution in [0.25, 0.3) is 6.08 Å². The van der Waals surface area contributed by atoms with Gasteiger partial charge in [0.25, 0.3) is 0 Å². The molecular formula is C26H43ClN2O. The first-order chi connectivity index (χ1) is 14.5. The predicted octanol–water partition coefficient (Wildman–Crippen LogP) is 7.43. The fourth-order valence-electron chi connectivity index (χ4n) is 3.29. The van der Waals surface area contributed by atoms with Gasteiger partial charge < -0.3 is 14.5 Å². The lowest BCUT2D eigenvalue weighted by atomic mass is 10.1. The molecule has 1 aromatic carbocycles. The number of likely N-dealkylation sites (tertiary alicyclic amines) is 1. The Morgan fingerprint density at radius 3 is 2.40 bits per heavy atom. The number of hydrogen-bond donors (Lipinski definition) is 0. The van der Waals surface area contributed by atoms with Crippen LogP contribution in [0.1, 0.15) is 58.9 Å². The minimum atomic E-state index is 0.181. The molecule has 3 nitrogen and oxygen atoms in total. The van der Waals surface area contributed by atoms with Gasteiger partial charge >= 0.3 is 0 Å². The highest BCUT2D eigenvalue weighted by Crippen LogP contribution is 2.27. The van der Waals surface area contributed by atoms with E-state index in [-0.39, 0.29) is 6.04 Å². The van der Waals surface area contributed by atoms with Crippen molar-refractivity contribution in [2.45, 2.75) is 59.4 Å². The summed E-state index contributed by atoms with van der Waals surface area (Å²) in [4.78, 5) is 4.71. The van der Waals surface area contributed by atoms with E-state index in [1.54, 1.807) is 7.11 Å². The number of nitrogens with zero attached hydrogens (tertiary/aromatic N) is 2. The molecule has 1 heterocycles. The Morgan fingerprint density at radius 2 is 1.90 bits per heavy atom. The Balaban J connectivity index is 0.000000696. The maximum Gasteiger partial charge on any atom is 0.0885 e. The van der Waals surface area contributed by atoms with Crippen LogP contribution in [-0.4, -0.2) is 44.7 Å². The third-order valence-corrected chi connectivity index (χ3v) is 5.30. The summed E-state index contributed by atoms with van der Waals surface area (Å²) in [6.45, 7) is 20.0. The summed E-state index contributed by atoms with van der Waals surface area (Å²) in [5, 5.41) is 0.710. The Hall–Kier alpha value is -1.71. The molecule has 4 heteroatoms. The Bertz CT molecular complexity index is 636. The molecule has 170 valence electrons. The second-order valence-electron chi connectivity index (χ2n) is 7.12. The lowest BCUT2D eigenvalue weighted by molar-refractivity contribution is 0.291. The van der Waals surface area contributed by atoms with E-state index in [2.05, 4.69) is 36.0 Å². The van der Waals surface area contributed by atoms with Crippen molar-refractivity contribution in [2.24, 2.45) is 0 Å². The highest BCUT2D eigenvalue weighted by molar-refractivity contribution is 6.30. The molecule has 0 radical (unpaired) electrons. The second kappa shape index (κ2) is 17.0. The van der Waals surface area contributed by atoms with Crippen LogP contribution in [0.5, 0.6) is 0 Å². The quantitative estimate of drug-likeness (QED) is 0.296. The molecule has 1 aromatic rings. The number of likely N-dealkylation sites (N-methyl/N-ethyl adjacent to an activating group) is 1. The van der Waals surface area contributed by atoms with Crippen molar-refractivity contribution in [3.63, 3.8) is 0 Å². The normalized spacial score (nSPS) is 14.6. The van der Waals surface area contributed by atoms with E-state index in [1.807, 2.05) is 58.2 Å². The smallest absolute Gasteiger partial charge is 0.0885 e. The average molecular weight is 435 g/mol. The number of rotatable bonds is 9. The monoisotopic (exact) mass is 434 g/mol. The number of allylic oxidation sites excluding steroid dienone is 1. The maximum absolute atomic E-state index is 6.02. The van der Waals surface area contributed by atoms with Gasteiger partial charge in [-0.2, -0.15) is 0 Å². The van der Waals surface area contributed by atoms with Gasteiger partial charge in [0, 0.05) is 17.8 Å². The van der Waals surface area contributed by atoms with Gasteiger partial charge in [-0.15, -0.1) is 6.58 Å². The summed E-state index contributed by atoms with van der Waals surface area (Å²) in [6, 6.07) is 5.98. The van der Waals surface area contributed by atoms with E-state index in [0.29, 0.717) is 5.02 Å². The SMILES string of the molecule is C=Cc1cc(Cl)ccc1N(C)C(C=C)C/C=C(\C)OC.CC.CCCN1CCCC1. The first kappa shape index (κ1) is 28.3. The molecule has 0 amide bonds. The molecule has 0 bridgehead atoms. The summed E-state index contributed by atoms with van der Waals surface area (Å²) < 4.78 is 5.17. The third-order valence-electron chi connectivity index (χ3n) is 5.07. The Labute approximate surface area is 191 Å². The van der Waals surface area contributed by atoms with Crippen LogP contribution in [0, 0.1) is 0 Å². The molecule has 30 heavy (non-hydrogen) atoms. The molecule has 0 aromatic heterocycles. The van der Waals surface area contributed by atoms with Crippen molar-refractivity contribution < 1.29 is 4.74 Å². The lowest BCUT2D eigenvalue weighted by Gasteiger charge is -2.28. The highest BCUT2D eigenvalue weighted by Gasteiger charge is 2.13. The number of anilines is 1. The first-order valence-corrected chi connectivity index (χ1v) is 11.5. The number of hydrogen-bond acceptors (Lipinski definition) is 3. The maximum atomic E-state index is 6.02. The second-order valence-corrected chi connectivity index (χ2v) is 7.56. The summed E-state index contributed by atoms with van der Waals surface area (Å²) >= 11 is 6.02. The fraction of sp³-hybridized carbons (Fsp3) is 0.538. The molecule has 1 unspecified atom stereocenters. The van der Waals surface area contributed by atoms with Crippen LogP contribution in [0.3, 0.4) is 0 Å². The van der Waals surface area contributed by atoms with Gasteiger partial charge in [0.2, 0.25) is 0 Å². The van der Waals surface area contributed by atoms with Crippen molar-refractivity contribution >= 4 is 23.4 Å². The molecule has 1 aliphatic rings. The van der Waals surface area contributed by atoms with Gasteiger partial charge in [0.15, 0.2) is 0 Å². The van der Waals surface area contributed by atoms with Gasteiger partial charge in [-0.25, -0.2) is 0 Å². The molecule has 1 atom stereocenters. The zero-order chi connectivity index (χ0) is 22.9.